The van der Waals surface area contributed by atoms with Crippen LogP contribution in [0.4, 0.5) is 0 Å². The normalized spacial score (nSPS) is 34.8. The molecule has 0 bridgehead atoms. The minimum Gasteiger partial charge on any atom is -0.381 e. The number of rotatable bonds is 4. The smallest absolute Gasteiger partial charge is 0.0990 e. The maximum absolute atomic E-state index is 5.70. The van der Waals surface area contributed by atoms with Gasteiger partial charge in [-0.1, -0.05) is 18.6 Å². The lowest BCUT2D eigenvalue weighted by Gasteiger charge is -2.33. The second-order valence-corrected chi connectivity index (χ2v) is 5.62. The van der Waals surface area contributed by atoms with E-state index in [1.54, 1.807) is 0 Å². The first-order valence-electron chi connectivity index (χ1n) is 6.49. The molecule has 0 aliphatic carbocycles. The van der Waals surface area contributed by atoms with E-state index < -0.39 is 0 Å². The van der Waals surface area contributed by atoms with Gasteiger partial charge < -0.3 is 9.47 Å². The predicted molar refractivity (Wildman–Crippen MR) is 65.4 cm³/mol. The number of hydrogen-bond donors (Lipinski definition) is 0. The molecule has 0 radical (unpaired) electrons. The first kappa shape index (κ1) is 12.1. The molecule has 1 spiro atoms. The molecule has 0 aromatic rings. The van der Waals surface area contributed by atoms with Crippen molar-refractivity contribution in [2.45, 2.75) is 45.6 Å². The van der Waals surface area contributed by atoms with Gasteiger partial charge in [0.2, 0.25) is 0 Å². The minimum atomic E-state index is 0.211. The molecule has 2 nitrogen and oxygen atoms in total. The zero-order valence-corrected chi connectivity index (χ0v) is 10.8. The van der Waals surface area contributed by atoms with Gasteiger partial charge in [0.05, 0.1) is 18.8 Å². The third-order valence-electron chi connectivity index (χ3n) is 4.02. The Morgan fingerprint density at radius 3 is 2.88 bits per heavy atom. The summed E-state index contributed by atoms with van der Waals surface area (Å²) < 4.78 is 11.3. The van der Waals surface area contributed by atoms with Crippen molar-refractivity contribution in [3.63, 3.8) is 0 Å². The molecule has 0 saturated carbocycles. The van der Waals surface area contributed by atoms with E-state index >= 15 is 0 Å². The highest BCUT2D eigenvalue weighted by atomic mass is 16.6. The first-order valence-corrected chi connectivity index (χ1v) is 6.49. The van der Waals surface area contributed by atoms with Crippen molar-refractivity contribution in [3.8, 4) is 0 Å². The molecule has 92 valence electrons. The third kappa shape index (κ3) is 2.67. The maximum Gasteiger partial charge on any atom is 0.0990 e. The highest BCUT2D eigenvalue weighted by Crippen LogP contribution is 2.45. The van der Waals surface area contributed by atoms with Crippen molar-refractivity contribution in [1.29, 1.82) is 0 Å². The van der Waals surface area contributed by atoms with Gasteiger partial charge in [-0.3, -0.25) is 0 Å². The maximum atomic E-state index is 5.70. The first-order chi connectivity index (χ1) is 7.64. The molecule has 2 aliphatic heterocycles. The van der Waals surface area contributed by atoms with Crippen LogP contribution in [0.1, 0.15) is 40.0 Å². The van der Waals surface area contributed by atoms with Crippen LogP contribution in [0.2, 0.25) is 0 Å². The summed E-state index contributed by atoms with van der Waals surface area (Å²) in [4.78, 5) is 0. The van der Waals surface area contributed by atoms with E-state index in [0.29, 0.717) is 11.8 Å². The van der Waals surface area contributed by atoms with Crippen molar-refractivity contribution < 1.29 is 9.47 Å². The lowest BCUT2D eigenvalue weighted by Crippen LogP contribution is -2.39. The summed E-state index contributed by atoms with van der Waals surface area (Å²) in [6.07, 6.45) is 5.88. The summed E-state index contributed by atoms with van der Waals surface area (Å²) in [6, 6.07) is 0. The Morgan fingerprint density at radius 2 is 2.25 bits per heavy atom. The van der Waals surface area contributed by atoms with Crippen molar-refractivity contribution in [2.24, 2.45) is 11.8 Å². The van der Waals surface area contributed by atoms with Crippen LogP contribution >= 0.6 is 0 Å². The van der Waals surface area contributed by atoms with Crippen LogP contribution < -0.4 is 0 Å². The molecule has 2 aliphatic rings. The summed E-state index contributed by atoms with van der Waals surface area (Å²) in [7, 11) is 0. The summed E-state index contributed by atoms with van der Waals surface area (Å²) >= 11 is 0. The van der Waals surface area contributed by atoms with Gasteiger partial charge in [-0.2, -0.15) is 0 Å². The van der Waals surface area contributed by atoms with E-state index in [-0.39, 0.29) is 5.60 Å². The van der Waals surface area contributed by atoms with Crippen molar-refractivity contribution in [2.75, 3.05) is 19.8 Å². The molecule has 0 N–H and O–H groups in total. The van der Waals surface area contributed by atoms with Crippen molar-refractivity contribution >= 4 is 0 Å². The fraction of sp³-hybridized carbons (Fsp3) is 0.857. The molecule has 0 aromatic heterocycles. The summed E-state index contributed by atoms with van der Waals surface area (Å²) in [5.74, 6) is 1.32. The monoisotopic (exact) mass is 224 g/mol. The van der Waals surface area contributed by atoms with Crippen LogP contribution in [0.15, 0.2) is 11.6 Å². The Hall–Kier alpha value is -0.340. The predicted octanol–water partition coefficient (Wildman–Crippen LogP) is 3.17. The standard InChI is InChI=1S/C14H24O2/c1-11(2)5-4-6-12(3)13-9-15-8-7-14(13)10-16-14/h5,12-13H,4,6-10H2,1-3H3. The second-order valence-electron chi connectivity index (χ2n) is 5.62. The average molecular weight is 224 g/mol. The van der Waals surface area contributed by atoms with E-state index in [0.717, 1.165) is 26.2 Å². The molecular weight excluding hydrogens is 200 g/mol. The molecule has 0 amide bonds. The lowest BCUT2D eigenvalue weighted by atomic mass is 9.78. The van der Waals surface area contributed by atoms with E-state index in [1.807, 2.05) is 0 Å². The summed E-state index contributed by atoms with van der Waals surface area (Å²) in [5.41, 5.74) is 1.63. The Bertz CT molecular complexity index is 262. The summed E-state index contributed by atoms with van der Waals surface area (Å²) in [6.45, 7) is 9.43. The van der Waals surface area contributed by atoms with Crippen LogP contribution in [-0.2, 0) is 9.47 Å². The van der Waals surface area contributed by atoms with Gasteiger partial charge in [-0.15, -0.1) is 0 Å². The van der Waals surface area contributed by atoms with Crippen LogP contribution in [0.5, 0.6) is 0 Å². The molecule has 3 unspecified atom stereocenters. The van der Waals surface area contributed by atoms with Crippen molar-refractivity contribution in [1.82, 2.24) is 0 Å². The molecule has 2 saturated heterocycles. The Balaban J connectivity index is 1.83. The average Bonchev–Trinajstić information content (AvgIpc) is 2.98. The Labute approximate surface area is 99.0 Å². The second kappa shape index (κ2) is 4.89. The van der Waals surface area contributed by atoms with E-state index in [2.05, 4.69) is 26.8 Å². The quantitative estimate of drug-likeness (QED) is 0.540. The topological polar surface area (TPSA) is 21.8 Å². The summed E-state index contributed by atoms with van der Waals surface area (Å²) in [5, 5.41) is 0. The zero-order chi connectivity index (χ0) is 11.6. The van der Waals surface area contributed by atoms with Gasteiger partial charge in [0.25, 0.3) is 0 Å². The van der Waals surface area contributed by atoms with Gasteiger partial charge in [0, 0.05) is 18.9 Å². The number of epoxide rings is 1. The largest absolute Gasteiger partial charge is 0.381 e. The van der Waals surface area contributed by atoms with Crippen LogP contribution in [0, 0.1) is 11.8 Å². The molecule has 0 aromatic carbocycles. The third-order valence-corrected chi connectivity index (χ3v) is 4.02. The Morgan fingerprint density at radius 1 is 1.50 bits per heavy atom. The molecule has 3 atom stereocenters. The highest BCUT2D eigenvalue weighted by Gasteiger charge is 2.54. The van der Waals surface area contributed by atoms with Gasteiger partial charge in [-0.25, -0.2) is 0 Å². The van der Waals surface area contributed by atoms with Crippen LogP contribution in [0.25, 0.3) is 0 Å². The van der Waals surface area contributed by atoms with E-state index in [4.69, 9.17) is 9.47 Å². The molecule has 16 heavy (non-hydrogen) atoms. The highest BCUT2D eigenvalue weighted by molar-refractivity contribution is 5.02. The van der Waals surface area contributed by atoms with Crippen LogP contribution in [0.3, 0.4) is 0 Å². The SMILES string of the molecule is CC(C)=CCCC(C)C1COCCC12CO2. The molecule has 2 rings (SSSR count). The fourth-order valence-corrected chi connectivity index (χ4v) is 2.76. The number of ether oxygens (including phenoxy) is 2. The van der Waals surface area contributed by atoms with Gasteiger partial charge in [0.1, 0.15) is 0 Å². The number of hydrogen-bond acceptors (Lipinski definition) is 2. The van der Waals surface area contributed by atoms with Crippen LogP contribution in [-0.4, -0.2) is 25.4 Å². The van der Waals surface area contributed by atoms with Gasteiger partial charge in [-0.05, 0) is 32.6 Å². The molecule has 2 fully saturated rings. The molecular formula is C14H24O2. The van der Waals surface area contributed by atoms with E-state index in [9.17, 15) is 0 Å². The van der Waals surface area contributed by atoms with Crippen molar-refractivity contribution in [3.05, 3.63) is 11.6 Å². The Kier molecular flexibility index (Phi) is 3.70. The van der Waals surface area contributed by atoms with E-state index in [1.165, 1.54) is 18.4 Å². The molecule has 2 heteroatoms. The fourth-order valence-electron chi connectivity index (χ4n) is 2.76. The minimum absolute atomic E-state index is 0.211. The van der Waals surface area contributed by atoms with Gasteiger partial charge >= 0.3 is 0 Å². The van der Waals surface area contributed by atoms with Gasteiger partial charge in [0.15, 0.2) is 0 Å². The molecule has 2 heterocycles. The zero-order valence-electron chi connectivity index (χ0n) is 10.8. The lowest BCUT2D eigenvalue weighted by molar-refractivity contribution is -0.0231. The number of allylic oxidation sites excluding steroid dienone is 2.